The highest BCUT2D eigenvalue weighted by Crippen LogP contribution is 1.94. The van der Waals surface area contributed by atoms with E-state index in [0.29, 0.717) is 19.1 Å². The molecule has 2 N–H and O–H groups in total. The summed E-state index contributed by atoms with van der Waals surface area (Å²) in [6.07, 6.45) is 3.19. The fraction of sp³-hybridized carbons (Fsp3) is 0.769. The number of aliphatic hydroxyl groups excluding tert-OH is 1. The van der Waals surface area contributed by atoms with Gasteiger partial charge in [-0.2, -0.15) is 5.10 Å². The van der Waals surface area contributed by atoms with Gasteiger partial charge in [0.25, 0.3) is 0 Å². The van der Waals surface area contributed by atoms with Gasteiger partial charge < -0.3 is 15.3 Å². The van der Waals surface area contributed by atoms with E-state index in [4.69, 9.17) is 0 Å². The second-order valence-electron chi connectivity index (χ2n) is 4.68. The molecule has 1 aromatic rings. The van der Waals surface area contributed by atoms with E-state index < -0.39 is 6.10 Å². The molecule has 104 valence electrons. The quantitative estimate of drug-likeness (QED) is 0.676. The number of aromatic nitrogens is 2. The average molecular weight is 254 g/mol. The number of hydrogen-bond donors (Lipinski definition) is 2. The van der Waals surface area contributed by atoms with E-state index in [0.717, 1.165) is 19.6 Å². The second kappa shape index (κ2) is 8.24. The zero-order valence-electron chi connectivity index (χ0n) is 11.7. The second-order valence-corrected chi connectivity index (χ2v) is 4.68. The van der Waals surface area contributed by atoms with Gasteiger partial charge in [-0.3, -0.25) is 4.68 Å². The molecule has 0 spiro atoms. The first-order valence-corrected chi connectivity index (χ1v) is 6.76. The van der Waals surface area contributed by atoms with E-state index in [1.807, 2.05) is 12.3 Å². The van der Waals surface area contributed by atoms with E-state index in [1.165, 1.54) is 0 Å². The Hall–Kier alpha value is -0.910. The van der Waals surface area contributed by atoms with Crippen LogP contribution < -0.4 is 5.32 Å². The maximum Gasteiger partial charge on any atom is 0.0860 e. The molecule has 0 fully saturated rings. The Balaban J connectivity index is 2.19. The summed E-state index contributed by atoms with van der Waals surface area (Å²) in [6.45, 7) is 10.8. The van der Waals surface area contributed by atoms with Gasteiger partial charge in [-0.1, -0.05) is 13.8 Å². The molecule has 2 atom stereocenters. The highest BCUT2D eigenvalue weighted by Gasteiger charge is 2.10. The van der Waals surface area contributed by atoms with E-state index in [-0.39, 0.29) is 0 Å². The first-order chi connectivity index (χ1) is 8.65. The summed E-state index contributed by atoms with van der Waals surface area (Å²) in [5.74, 6) is 0. The smallest absolute Gasteiger partial charge is 0.0860 e. The third-order valence-corrected chi connectivity index (χ3v) is 3.09. The molecule has 0 saturated heterocycles. The van der Waals surface area contributed by atoms with Gasteiger partial charge >= 0.3 is 0 Å². The van der Waals surface area contributed by atoms with Crippen LogP contribution in [-0.2, 0) is 6.54 Å². The lowest BCUT2D eigenvalue weighted by Crippen LogP contribution is -2.42. The zero-order valence-corrected chi connectivity index (χ0v) is 11.7. The number of nitrogens with one attached hydrogen (secondary N) is 1. The lowest BCUT2D eigenvalue weighted by molar-refractivity contribution is 0.140. The Labute approximate surface area is 110 Å². The number of rotatable bonds is 9. The summed E-state index contributed by atoms with van der Waals surface area (Å²) in [6, 6.07) is 2.25. The van der Waals surface area contributed by atoms with Crippen LogP contribution in [0.15, 0.2) is 18.5 Å². The van der Waals surface area contributed by atoms with Gasteiger partial charge in [-0.25, -0.2) is 0 Å². The van der Waals surface area contributed by atoms with Crippen LogP contribution in [-0.4, -0.2) is 58.1 Å². The number of aliphatic hydroxyl groups is 1. The Bertz CT molecular complexity index is 298. The summed E-state index contributed by atoms with van der Waals surface area (Å²) >= 11 is 0. The Kier molecular flexibility index (Phi) is 6.93. The van der Waals surface area contributed by atoms with Crippen LogP contribution >= 0.6 is 0 Å². The molecular formula is C13H26N4O. The van der Waals surface area contributed by atoms with Gasteiger partial charge in [0, 0.05) is 31.5 Å². The highest BCUT2D eigenvalue weighted by molar-refractivity contribution is 4.79. The van der Waals surface area contributed by atoms with Crippen molar-refractivity contribution in [2.75, 3.05) is 26.2 Å². The van der Waals surface area contributed by atoms with Gasteiger partial charge in [0.15, 0.2) is 0 Å². The maximum atomic E-state index is 9.88. The first-order valence-electron chi connectivity index (χ1n) is 6.76. The van der Waals surface area contributed by atoms with Gasteiger partial charge in [0.1, 0.15) is 0 Å². The summed E-state index contributed by atoms with van der Waals surface area (Å²) in [4.78, 5) is 2.37. The minimum absolute atomic E-state index is 0.386. The molecular weight excluding hydrogens is 228 g/mol. The molecule has 1 heterocycles. The van der Waals surface area contributed by atoms with Gasteiger partial charge in [-0.15, -0.1) is 0 Å². The molecule has 5 heteroatoms. The Morgan fingerprint density at radius 3 is 2.67 bits per heavy atom. The largest absolute Gasteiger partial charge is 0.390 e. The number of nitrogens with zero attached hydrogens (tertiary/aromatic N) is 3. The monoisotopic (exact) mass is 254 g/mol. The van der Waals surface area contributed by atoms with E-state index in [1.54, 1.807) is 10.9 Å². The fourth-order valence-corrected chi connectivity index (χ4v) is 1.96. The molecule has 0 aliphatic heterocycles. The lowest BCUT2D eigenvalue weighted by Gasteiger charge is -2.24. The van der Waals surface area contributed by atoms with Crippen LogP contribution in [0.1, 0.15) is 20.8 Å². The number of likely N-dealkylation sites (N-methyl/N-ethyl adjacent to an activating group) is 1. The van der Waals surface area contributed by atoms with Crippen molar-refractivity contribution in [1.29, 1.82) is 0 Å². The predicted molar refractivity (Wildman–Crippen MR) is 73.5 cm³/mol. The van der Waals surface area contributed by atoms with Crippen LogP contribution in [0.25, 0.3) is 0 Å². The molecule has 1 rings (SSSR count). The van der Waals surface area contributed by atoms with Gasteiger partial charge in [0.2, 0.25) is 0 Å². The molecule has 0 radical (unpaired) electrons. The fourth-order valence-electron chi connectivity index (χ4n) is 1.96. The standard InChI is InChI=1S/C13H26N4O/c1-4-16(5-2)10-12(3)14-9-13(18)11-17-8-6-7-15-17/h6-8,12-14,18H,4-5,9-11H2,1-3H3. The van der Waals surface area contributed by atoms with Crippen molar-refractivity contribution in [3.05, 3.63) is 18.5 Å². The summed E-state index contributed by atoms with van der Waals surface area (Å²) in [5.41, 5.74) is 0. The Morgan fingerprint density at radius 1 is 1.39 bits per heavy atom. The SMILES string of the molecule is CCN(CC)CC(C)NCC(O)Cn1cccn1. The molecule has 0 aliphatic rings. The molecule has 2 unspecified atom stereocenters. The summed E-state index contributed by atoms with van der Waals surface area (Å²) in [5, 5.41) is 17.3. The maximum absolute atomic E-state index is 9.88. The van der Waals surface area contributed by atoms with Crippen LogP contribution in [0.4, 0.5) is 0 Å². The van der Waals surface area contributed by atoms with Crippen LogP contribution in [0.5, 0.6) is 0 Å². The first kappa shape index (κ1) is 15.1. The summed E-state index contributed by atoms with van der Waals surface area (Å²) in [7, 11) is 0. The third-order valence-electron chi connectivity index (χ3n) is 3.09. The topological polar surface area (TPSA) is 53.3 Å². The van der Waals surface area contributed by atoms with E-state index in [9.17, 15) is 5.11 Å². The summed E-state index contributed by atoms with van der Waals surface area (Å²) < 4.78 is 1.75. The van der Waals surface area contributed by atoms with Crippen LogP contribution in [0, 0.1) is 0 Å². The Morgan fingerprint density at radius 2 is 2.11 bits per heavy atom. The van der Waals surface area contributed by atoms with Gasteiger partial charge in [0.05, 0.1) is 12.6 Å². The van der Waals surface area contributed by atoms with E-state index in [2.05, 4.69) is 36.1 Å². The predicted octanol–water partition coefficient (Wildman–Crippen LogP) is 0.564. The zero-order chi connectivity index (χ0) is 13.4. The van der Waals surface area contributed by atoms with Crippen molar-refractivity contribution >= 4 is 0 Å². The van der Waals surface area contributed by atoms with Gasteiger partial charge in [-0.05, 0) is 26.1 Å². The molecule has 0 amide bonds. The molecule has 1 aromatic heterocycles. The van der Waals surface area contributed by atoms with Crippen molar-refractivity contribution in [1.82, 2.24) is 20.0 Å². The third kappa shape index (κ3) is 5.62. The molecule has 0 bridgehead atoms. The molecule has 0 saturated carbocycles. The molecule has 18 heavy (non-hydrogen) atoms. The van der Waals surface area contributed by atoms with Crippen molar-refractivity contribution in [2.24, 2.45) is 0 Å². The molecule has 0 aliphatic carbocycles. The normalized spacial score (nSPS) is 14.9. The van der Waals surface area contributed by atoms with Crippen LogP contribution in [0.3, 0.4) is 0 Å². The number of hydrogen-bond acceptors (Lipinski definition) is 4. The van der Waals surface area contributed by atoms with Crippen molar-refractivity contribution in [2.45, 2.75) is 39.5 Å². The lowest BCUT2D eigenvalue weighted by atomic mass is 10.2. The average Bonchev–Trinajstić information content (AvgIpc) is 2.86. The minimum Gasteiger partial charge on any atom is -0.390 e. The van der Waals surface area contributed by atoms with Crippen molar-refractivity contribution in [3.8, 4) is 0 Å². The molecule has 5 nitrogen and oxygen atoms in total. The van der Waals surface area contributed by atoms with Crippen molar-refractivity contribution in [3.63, 3.8) is 0 Å². The minimum atomic E-state index is -0.399. The van der Waals surface area contributed by atoms with Crippen molar-refractivity contribution < 1.29 is 5.11 Å². The highest BCUT2D eigenvalue weighted by atomic mass is 16.3. The van der Waals surface area contributed by atoms with E-state index >= 15 is 0 Å². The molecule has 0 aromatic carbocycles. The van der Waals surface area contributed by atoms with Crippen LogP contribution in [0.2, 0.25) is 0 Å².